The lowest BCUT2D eigenvalue weighted by Gasteiger charge is -2.33. The smallest absolute Gasteiger partial charge is 0.338 e. The zero-order valence-electron chi connectivity index (χ0n) is 11.7. The largest absolute Gasteiger partial charge is 0.421 e. The average molecular weight is 302 g/mol. The van der Waals surface area contributed by atoms with Gasteiger partial charge in [-0.05, 0) is 38.3 Å². The number of carbonyl (C=O) groups excluding carboxylic acids is 1. The van der Waals surface area contributed by atoms with Gasteiger partial charge in [0.1, 0.15) is 12.1 Å². The minimum Gasteiger partial charge on any atom is -0.338 e. The number of carbonyl (C=O) groups is 1. The molecule has 0 spiro atoms. The Balaban J connectivity index is 2.20. The molecule has 1 aliphatic heterocycles. The fourth-order valence-corrected chi connectivity index (χ4v) is 2.58. The number of piperidine rings is 1. The summed E-state index contributed by atoms with van der Waals surface area (Å²) in [7, 11) is 0. The van der Waals surface area contributed by atoms with Crippen molar-refractivity contribution in [3.05, 3.63) is 34.2 Å². The van der Waals surface area contributed by atoms with E-state index < -0.39 is 17.3 Å². The predicted octanol–water partition coefficient (Wildman–Crippen LogP) is 2.27. The van der Waals surface area contributed by atoms with Crippen LogP contribution in [-0.4, -0.2) is 28.0 Å². The Morgan fingerprint density at radius 1 is 1.38 bits per heavy atom. The van der Waals surface area contributed by atoms with Crippen LogP contribution in [0.4, 0.5) is 13.2 Å². The second-order valence-corrected chi connectivity index (χ2v) is 5.28. The maximum atomic E-state index is 12.7. The first-order chi connectivity index (χ1) is 9.80. The molecule has 2 rings (SSSR count). The number of rotatable bonds is 2. The molecule has 4 nitrogen and oxygen atoms in total. The van der Waals surface area contributed by atoms with Gasteiger partial charge in [-0.1, -0.05) is 0 Å². The van der Waals surface area contributed by atoms with Crippen molar-refractivity contribution in [3.8, 4) is 0 Å². The van der Waals surface area contributed by atoms with E-state index in [9.17, 15) is 22.8 Å². The Hall–Kier alpha value is -1.79. The molecule has 1 unspecified atom stereocenters. The van der Waals surface area contributed by atoms with Crippen LogP contribution in [0.1, 0.15) is 31.7 Å². The molecule has 0 N–H and O–H groups in total. The number of nitrogens with zero attached hydrogens (tertiary/aromatic N) is 2. The van der Waals surface area contributed by atoms with Gasteiger partial charge < -0.3 is 9.47 Å². The van der Waals surface area contributed by atoms with Gasteiger partial charge in [0.2, 0.25) is 5.91 Å². The highest BCUT2D eigenvalue weighted by Gasteiger charge is 2.34. The summed E-state index contributed by atoms with van der Waals surface area (Å²) in [5, 5.41) is 0. The Morgan fingerprint density at radius 3 is 2.71 bits per heavy atom. The summed E-state index contributed by atoms with van der Waals surface area (Å²) in [5.74, 6) is -0.316. The van der Waals surface area contributed by atoms with E-state index >= 15 is 0 Å². The summed E-state index contributed by atoms with van der Waals surface area (Å²) in [6.07, 6.45) is -0.698. The van der Waals surface area contributed by atoms with Gasteiger partial charge in [-0.2, -0.15) is 13.2 Å². The summed E-state index contributed by atoms with van der Waals surface area (Å²) < 4.78 is 38.8. The lowest BCUT2D eigenvalue weighted by atomic mass is 10.0. The summed E-state index contributed by atoms with van der Waals surface area (Å²) in [4.78, 5) is 25.6. The number of amides is 1. The number of aromatic nitrogens is 1. The van der Waals surface area contributed by atoms with Gasteiger partial charge in [-0.25, -0.2) is 0 Å². The molecule has 1 fully saturated rings. The van der Waals surface area contributed by atoms with E-state index in [1.54, 1.807) is 4.90 Å². The predicted molar refractivity (Wildman–Crippen MR) is 70.7 cm³/mol. The number of hydrogen-bond donors (Lipinski definition) is 0. The molecular weight excluding hydrogens is 285 g/mol. The standard InChI is InChI=1S/C14H17F3N2O2/c1-10-5-2-3-8-19(10)12(20)9-18-7-4-6-11(13(18)21)14(15,16)17/h4,6-7,10H,2-3,5,8-9H2,1H3. The molecule has 1 amide bonds. The van der Waals surface area contributed by atoms with E-state index in [2.05, 4.69) is 0 Å². The van der Waals surface area contributed by atoms with Crippen LogP contribution in [0.2, 0.25) is 0 Å². The van der Waals surface area contributed by atoms with E-state index in [1.165, 1.54) is 6.20 Å². The average Bonchev–Trinajstić information content (AvgIpc) is 2.40. The first-order valence-electron chi connectivity index (χ1n) is 6.87. The topological polar surface area (TPSA) is 42.3 Å². The lowest BCUT2D eigenvalue weighted by molar-refractivity contribution is -0.140. The maximum absolute atomic E-state index is 12.7. The van der Waals surface area contributed by atoms with Crippen LogP contribution in [0.3, 0.4) is 0 Å². The highest BCUT2D eigenvalue weighted by atomic mass is 19.4. The van der Waals surface area contributed by atoms with Crippen LogP contribution in [0.25, 0.3) is 0 Å². The molecular formula is C14H17F3N2O2. The zero-order chi connectivity index (χ0) is 15.6. The first-order valence-corrected chi connectivity index (χ1v) is 6.87. The van der Waals surface area contributed by atoms with E-state index in [-0.39, 0.29) is 18.5 Å². The van der Waals surface area contributed by atoms with E-state index in [0.29, 0.717) is 6.54 Å². The third kappa shape index (κ3) is 3.46. The molecule has 7 heteroatoms. The van der Waals surface area contributed by atoms with Gasteiger partial charge in [0.25, 0.3) is 5.56 Å². The van der Waals surface area contributed by atoms with Crippen LogP contribution in [0.15, 0.2) is 23.1 Å². The summed E-state index contributed by atoms with van der Waals surface area (Å²) in [5.41, 5.74) is -2.42. The molecule has 0 saturated carbocycles. The molecule has 0 aliphatic carbocycles. The molecule has 1 aromatic heterocycles. The van der Waals surface area contributed by atoms with Crippen molar-refractivity contribution < 1.29 is 18.0 Å². The molecule has 1 saturated heterocycles. The van der Waals surface area contributed by atoms with E-state index in [1.807, 2.05) is 6.92 Å². The highest BCUT2D eigenvalue weighted by Crippen LogP contribution is 2.26. The number of hydrogen-bond acceptors (Lipinski definition) is 2. The van der Waals surface area contributed by atoms with Gasteiger partial charge in [0.05, 0.1) is 0 Å². The van der Waals surface area contributed by atoms with Gasteiger partial charge in [0, 0.05) is 18.8 Å². The van der Waals surface area contributed by atoms with Crippen LogP contribution in [-0.2, 0) is 17.5 Å². The normalized spacial score (nSPS) is 19.6. The Kier molecular flexibility index (Phi) is 4.39. The second kappa shape index (κ2) is 5.91. The zero-order valence-corrected chi connectivity index (χ0v) is 11.7. The third-order valence-electron chi connectivity index (χ3n) is 3.75. The monoisotopic (exact) mass is 302 g/mol. The van der Waals surface area contributed by atoms with Crippen LogP contribution in [0.5, 0.6) is 0 Å². The van der Waals surface area contributed by atoms with Crippen LogP contribution < -0.4 is 5.56 Å². The Morgan fingerprint density at radius 2 is 2.10 bits per heavy atom. The molecule has 0 aromatic carbocycles. The van der Waals surface area contributed by atoms with E-state index in [0.717, 1.165) is 36.0 Å². The second-order valence-electron chi connectivity index (χ2n) is 5.28. The number of alkyl halides is 3. The van der Waals surface area contributed by atoms with Gasteiger partial charge in [0.15, 0.2) is 0 Å². The molecule has 21 heavy (non-hydrogen) atoms. The lowest BCUT2D eigenvalue weighted by Crippen LogP contribution is -2.45. The van der Waals surface area contributed by atoms with E-state index in [4.69, 9.17) is 0 Å². The highest BCUT2D eigenvalue weighted by molar-refractivity contribution is 5.76. The third-order valence-corrected chi connectivity index (χ3v) is 3.75. The van der Waals surface area contributed by atoms with Gasteiger partial charge in [-0.15, -0.1) is 0 Å². The fourth-order valence-electron chi connectivity index (χ4n) is 2.58. The van der Waals surface area contributed by atoms with Crippen molar-refractivity contribution in [2.75, 3.05) is 6.54 Å². The minimum absolute atomic E-state index is 0.0627. The molecule has 0 bridgehead atoms. The van der Waals surface area contributed by atoms with Crippen molar-refractivity contribution in [2.45, 2.75) is 44.9 Å². The van der Waals surface area contributed by atoms with Crippen molar-refractivity contribution in [2.24, 2.45) is 0 Å². The maximum Gasteiger partial charge on any atom is 0.421 e. The van der Waals surface area contributed by atoms with Crippen molar-refractivity contribution in [3.63, 3.8) is 0 Å². The number of pyridine rings is 1. The van der Waals surface area contributed by atoms with Crippen molar-refractivity contribution in [1.82, 2.24) is 9.47 Å². The Labute approximate surface area is 120 Å². The molecule has 1 aromatic rings. The first kappa shape index (κ1) is 15.6. The molecule has 1 aliphatic rings. The number of halogens is 3. The Bertz CT molecular complexity index is 580. The van der Waals surface area contributed by atoms with Crippen LogP contribution >= 0.6 is 0 Å². The molecule has 116 valence electrons. The molecule has 1 atom stereocenters. The summed E-state index contributed by atoms with van der Waals surface area (Å²) in [6.45, 7) is 2.15. The van der Waals surface area contributed by atoms with Gasteiger partial charge in [-0.3, -0.25) is 9.59 Å². The van der Waals surface area contributed by atoms with Crippen molar-refractivity contribution in [1.29, 1.82) is 0 Å². The molecule has 2 heterocycles. The van der Waals surface area contributed by atoms with Crippen LogP contribution in [0, 0.1) is 0 Å². The van der Waals surface area contributed by atoms with Gasteiger partial charge >= 0.3 is 6.18 Å². The summed E-state index contributed by atoms with van der Waals surface area (Å²) >= 11 is 0. The van der Waals surface area contributed by atoms with Crippen molar-refractivity contribution >= 4 is 5.91 Å². The quantitative estimate of drug-likeness (QED) is 0.841. The minimum atomic E-state index is -4.71. The molecule has 0 radical (unpaired) electrons. The SMILES string of the molecule is CC1CCCCN1C(=O)Cn1cccc(C(F)(F)F)c1=O. The summed E-state index contributed by atoms with van der Waals surface area (Å²) in [6, 6.07) is 1.93. The fraction of sp³-hybridized carbons (Fsp3) is 0.571. The number of likely N-dealkylation sites (tertiary alicyclic amines) is 1.